The first-order valence-electron chi connectivity index (χ1n) is 11.9. The second kappa shape index (κ2) is 14.6. The average molecular weight is 535 g/mol. The van der Waals surface area contributed by atoms with Crippen LogP contribution < -0.4 is 0 Å². The van der Waals surface area contributed by atoms with E-state index in [1.54, 1.807) is 0 Å². The standard InChI is InChI=1S/C24H30N4O10/c29-17(3-1-9-27-19(31)5-6-20(27)32)13-25(15-23(35)36)11-12-26(16-24(37)38)14-18(30)4-2-10-28-21(33)7-8-22(28)34/h5-8H,1-4,9-16H2,(H,35,36)(H,37,38). The van der Waals surface area contributed by atoms with E-state index in [-0.39, 0.29) is 76.5 Å². The average Bonchev–Trinajstić information content (AvgIpc) is 3.31. The molecule has 2 aliphatic heterocycles. The Morgan fingerprint density at radius 1 is 0.579 bits per heavy atom. The summed E-state index contributed by atoms with van der Waals surface area (Å²) in [5.41, 5.74) is 0. The molecule has 4 amide bonds. The summed E-state index contributed by atoms with van der Waals surface area (Å²) in [5.74, 6) is -4.87. The van der Waals surface area contributed by atoms with Crippen molar-refractivity contribution in [3.05, 3.63) is 24.3 Å². The zero-order valence-corrected chi connectivity index (χ0v) is 20.7. The second-order valence-electron chi connectivity index (χ2n) is 8.82. The highest BCUT2D eigenvalue weighted by molar-refractivity contribution is 6.13. The number of carboxylic acid groups (broad SMARTS) is 2. The summed E-state index contributed by atoms with van der Waals surface area (Å²) in [6, 6.07) is 0. The van der Waals surface area contributed by atoms with E-state index in [2.05, 4.69) is 0 Å². The van der Waals surface area contributed by atoms with Crippen molar-refractivity contribution >= 4 is 47.1 Å². The van der Waals surface area contributed by atoms with Crippen molar-refractivity contribution in [2.75, 3.05) is 52.4 Å². The molecule has 14 heteroatoms. The van der Waals surface area contributed by atoms with Crippen molar-refractivity contribution < 1.29 is 48.6 Å². The summed E-state index contributed by atoms with van der Waals surface area (Å²) < 4.78 is 0. The lowest BCUT2D eigenvalue weighted by molar-refractivity contribution is -0.141. The summed E-state index contributed by atoms with van der Waals surface area (Å²) in [5, 5.41) is 18.4. The van der Waals surface area contributed by atoms with Gasteiger partial charge in [-0.2, -0.15) is 0 Å². The van der Waals surface area contributed by atoms with Crippen molar-refractivity contribution in [1.82, 2.24) is 19.6 Å². The number of imide groups is 2. The third-order valence-corrected chi connectivity index (χ3v) is 5.73. The maximum absolute atomic E-state index is 12.4. The minimum Gasteiger partial charge on any atom is -0.480 e. The summed E-state index contributed by atoms with van der Waals surface area (Å²) in [6.45, 7) is -1.36. The number of amides is 4. The summed E-state index contributed by atoms with van der Waals surface area (Å²) in [7, 11) is 0. The van der Waals surface area contributed by atoms with Crippen LogP contribution in [0.25, 0.3) is 0 Å². The highest BCUT2D eigenvalue weighted by Crippen LogP contribution is 2.08. The normalized spacial score (nSPS) is 15.0. The van der Waals surface area contributed by atoms with E-state index in [4.69, 9.17) is 0 Å². The third-order valence-electron chi connectivity index (χ3n) is 5.73. The Kier molecular flexibility index (Phi) is 11.6. The fourth-order valence-electron chi connectivity index (χ4n) is 3.92. The molecule has 0 bridgehead atoms. The van der Waals surface area contributed by atoms with Crippen molar-refractivity contribution in [1.29, 1.82) is 0 Å². The molecule has 0 radical (unpaired) electrons. The molecule has 0 aromatic heterocycles. The van der Waals surface area contributed by atoms with E-state index in [0.717, 1.165) is 34.1 Å². The summed E-state index contributed by atoms with van der Waals surface area (Å²) >= 11 is 0. The smallest absolute Gasteiger partial charge is 0.317 e. The lowest BCUT2D eigenvalue weighted by atomic mass is 10.2. The fourth-order valence-corrected chi connectivity index (χ4v) is 3.92. The van der Waals surface area contributed by atoms with Crippen molar-refractivity contribution in [3.8, 4) is 0 Å². The minimum atomic E-state index is -1.20. The number of hydrogen-bond acceptors (Lipinski definition) is 10. The number of Topliss-reactive ketones (excluding diaryl/α,β-unsaturated/α-hetero) is 2. The molecule has 0 fully saturated rings. The quantitative estimate of drug-likeness (QED) is 0.179. The molecule has 206 valence electrons. The highest BCUT2D eigenvalue weighted by Gasteiger charge is 2.25. The van der Waals surface area contributed by atoms with Gasteiger partial charge in [-0.15, -0.1) is 0 Å². The molecule has 0 aromatic carbocycles. The van der Waals surface area contributed by atoms with Gasteiger partial charge in [0, 0.05) is 63.3 Å². The van der Waals surface area contributed by atoms with Crippen LogP contribution in [-0.4, -0.2) is 129 Å². The lowest BCUT2D eigenvalue weighted by Crippen LogP contribution is -2.43. The van der Waals surface area contributed by atoms with Crippen LogP contribution in [0.2, 0.25) is 0 Å². The number of carboxylic acids is 2. The number of aliphatic carboxylic acids is 2. The molecule has 0 saturated heterocycles. The minimum absolute atomic E-state index is 0.00203. The van der Waals surface area contributed by atoms with Crippen molar-refractivity contribution in [3.63, 3.8) is 0 Å². The third kappa shape index (κ3) is 10.1. The van der Waals surface area contributed by atoms with E-state index in [1.165, 1.54) is 9.80 Å². The molecule has 2 N–H and O–H groups in total. The Bertz CT molecular complexity index is 933. The molecule has 0 saturated carbocycles. The maximum Gasteiger partial charge on any atom is 0.317 e. The van der Waals surface area contributed by atoms with Crippen LogP contribution in [0.15, 0.2) is 24.3 Å². The van der Waals surface area contributed by atoms with E-state index < -0.39 is 48.7 Å². The van der Waals surface area contributed by atoms with Gasteiger partial charge in [0.1, 0.15) is 11.6 Å². The number of hydrogen-bond donors (Lipinski definition) is 2. The Morgan fingerprint density at radius 2 is 0.895 bits per heavy atom. The highest BCUT2D eigenvalue weighted by atomic mass is 16.4. The monoisotopic (exact) mass is 534 g/mol. The van der Waals surface area contributed by atoms with Crippen LogP contribution >= 0.6 is 0 Å². The largest absolute Gasteiger partial charge is 0.480 e. The van der Waals surface area contributed by atoms with Gasteiger partial charge in [0.15, 0.2) is 0 Å². The number of rotatable bonds is 19. The van der Waals surface area contributed by atoms with Crippen LogP contribution in [0.5, 0.6) is 0 Å². The zero-order valence-electron chi connectivity index (χ0n) is 20.7. The van der Waals surface area contributed by atoms with Gasteiger partial charge in [-0.3, -0.25) is 58.0 Å². The Balaban J connectivity index is 1.81. The molecule has 2 rings (SSSR count). The molecular formula is C24H30N4O10. The van der Waals surface area contributed by atoms with Gasteiger partial charge < -0.3 is 10.2 Å². The SMILES string of the molecule is O=C(O)CN(CCN(CC(=O)O)CC(=O)CCCN1C(=O)C=CC1=O)CC(=O)CCCN1C(=O)C=CC1=O. The first-order valence-corrected chi connectivity index (χ1v) is 11.9. The number of nitrogens with zero attached hydrogens (tertiary/aromatic N) is 4. The zero-order chi connectivity index (χ0) is 28.2. The van der Waals surface area contributed by atoms with Gasteiger partial charge in [0.2, 0.25) is 0 Å². The fraction of sp³-hybridized carbons (Fsp3) is 0.500. The molecule has 0 aliphatic carbocycles. The Hall–Kier alpha value is -4.04. The van der Waals surface area contributed by atoms with E-state index in [1.807, 2.05) is 0 Å². The Morgan fingerprint density at radius 3 is 1.18 bits per heavy atom. The number of carbonyl (C=O) groups excluding carboxylic acids is 6. The van der Waals surface area contributed by atoms with Crippen LogP contribution in [0, 0.1) is 0 Å². The molecule has 0 unspecified atom stereocenters. The molecule has 2 heterocycles. The first kappa shape index (κ1) is 30.2. The molecular weight excluding hydrogens is 504 g/mol. The van der Waals surface area contributed by atoms with Crippen molar-refractivity contribution in [2.24, 2.45) is 0 Å². The van der Waals surface area contributed by atoms with Crippen molar-refractivity contribution in [2.45, 2.75) is 25.7 Å². The maximum atomic E-state index is 12.4. The number of carbonyl (C=O) groups is 8. The van der Waals surface area contributed by atoms with Gasteiger partial charge in [-0.1, -0.05) is 0 Å². The van der Waals surface area contributed by atoms with E-state index in [9.17, 15) is 48.6 Å². The molecule has 0 atom stereocenters. The van der Waals surface area contributed by atoms with Crippen LogP contribution in [0.1, 0.15) is 25.7 Å². The van der Waals surface area contributed by atoms with Gasteiger partial charge in [-0.25, -0.2) is 0 Å². The van der Waals surface area contributed by atoms with Crippen LogP contribution in [0.4, 0.5) is 0 Å². The Labute approximate surface area is 218 Å². The molecule has 2 aliphatic rings. The topological polar surface area (TPSA) is 190 Å². The molecule has 14 nitrogen and oxygen atoms in total. The second-order valence-corrected chi connectivity index (χ2v) is 8.82. The predicted octanol–water partition coefficient (Wildman–Crippen LogP) is -1.69. The number of ketones is 2. The van der Waals surface area contributed by atoms with Gasteiger partial charge in [0.05, 0.1) is 26.2 Å². The lowest BCUT2D eigenvalue weighted by Gasteiger charge is -2.25. The van der Waals surface area contributed by atoms with Crippen LogP contribution in [-0.2, 0) is 38.4 Å². The van der Waals surface area contributed by atoms with Gasteiger partial charge >= 0.3 is 11.9 Å². The summed E-state index contributed by atoms with van der Waals surface area (Å²) in [4.78, 5) is 98.2. The molecule has 0 aromatic rings. The molecule has 38 heavy (non-hydrogen) atoms. The van der Waals surface area contributed by atoms with E-state index >= 15 is 0 Å². The van der Waals surface area contributed by atoms with E-state index in [0.29, 0.717) is 0 Å². The first-order chi connectivity index (χ1) is 18.0. The molecule has 0 spiro atoms. The van der Waals surface area contributed by atoms with Gasteiger partial charge in [-0.05, 0) is 12.8 Å². The predicted molar refractivity (Wildman–Crippen MR) is 128 cm³/mol. The van der Waals surface area contributed by atoms with Gasteiger partial charge in [0.25, 0.3) is 23.6 Å². The van der Waals surface area contributed by atoms with Crippen LogP contribution in [0.3, 0.4) is 0 Å². The summed E-state index contributed by atoms with van der Waals surface area (Å²) in [6.07, 6.45) is 4.98.